The number of aryl methyl sites for hydroxylation is 1. The van der Waals surface area contributed by atoms with E-state index in [9.17, 15) is 9.59 Å². The number of imidazole rings is 1. The summed E-state index contributed by atoms with van der Waals surface area (Å²) in [6, 6.07) is 1.56. The summed E-state index contributed by atoms with van der Waals surface area (Å²) in [5.41, 5.74) is 1.42. The molecule has 25 heavy (non-hydrogen) atoms. The molecule has 1 N–H and O–H groups in total. The molecular formula is C16H20N6O2S. The van der Waals surface area contributed by atoms with Gasteiger partial charge in [-0.1, -0.05) is 11.8 Å². The number of aromatic nitrogens is 4. The first kappa shape index (κ1) is 16.2. The molecular weight excluding hydrogens is 340 g/mol. The van der Waals surface area contributed by atoms with Crippen LogP contribution < -0.4 is 15.8 Å². The van der Waals surface area contributed by atoms with Crippen LogP contribution in [0.15, 0.2) is 28.4 Å². The van der Waals surface area contributed by atoms with Crippen LogP contribution in [0, 0.1) is 0 Å². The Bertz CT molecular complexity index is 818. The maximum atomic E-state index is 12.2. The molecule has 2 aromatic rings. The van der Waals surface area contributed by atoms with Gasteiger partial charge in [0.05, 0.1) is 24.1 Å². The molecule has 0 aliphatic carbocycles. The number of rotatable bonds is 5. The molecule has 0 bridgehead atoms. The van der Waals surface area contributed by atoms with E-state index in [0.29, 0.717) is 6.54 Å². The SMILES string of the molecule is O=C(Cn1ncc(N2CCCC2)cc1=O)NCc1cn2c(n1)SCC2. The van der Waals surface area contributed by atoms with Crippen LogP contribution in [-0.2, 0) is 24.4 Å². The molecule has 0 radical (unpaired) electrons. The molecule has 0 atom stereocenters. The van der Waals surface area contributed by atoms with Crippen LogP contribution in [0.25, 0.3) is 0 Å². The van der Waals surface area contributed by atoms with Crippen molar-refractivity contribution in [3.05, 3.63) is 34.5 Å². The number of amides is 1. The number of thioether (sulfide) groups is 1. The highest BCUT2D eigenvalue weighted by atomic mass is 32.2. The van der Waals surface area contributed by atoms with Crippen LogP contribution in [0.4, 0.5) is 5.69 Å². The molecule has 1 saturated heterocycles. The van der Waals surface area contributed by atoms with Crippen molar-refractivity contribution in [2.75, 3.05) is 23.7 Å². The molecule has 2 aliphatic rings. The standard InChI is InChI=1S/C16H20N6O2S/c23-14(17-8-12-10-21-5-6-25-16(21)19-12)11-22-15(24)7-13(9-18-22)20-3-1-2-4-20/h7,9-10H,1-6,8,11H2,(H,17,23). The number of anilines is 1. The summed E-state index contributed by atoms with van der Waals surface area (Å²) < 4.78 is 3.28. The molecule has 2 aliphatic heterocycles. The van der Waals surface area contributed by atoms with Crippen LogP contribution in [0.5, 0.6) is 0 Å². The highest BCUT2D eigenvalue weighted by Crippen LogP contribution is 2.24. The van der Waals surface area contributed by atoms with E-state index >= 15 is 0 Å². The second-order valence-corrected chi connectivity index (χ2v) is 7.30. The monoisotopic (exact) mass is 360 g/mol. The molecule has 0 aromatic carbocycles. The van der Waals surface area contributed by atoms with Gasteiger partial charge in [-0.25, -0.2) is 9.67 Å². The second kappa shape index (κ2) is 6.91. The number of nitrogens with zero attached hydrogens (tertiary/aromatic N) is 5. The first-order valence-corrected chi connectivity index (χ1v) is 9.45. The summed E-state index contributed by atoms with van der Waals surface area (Å²) >= 11 is 1.72. The number of fused-ring (bicyclic) bond motifs is 1. The van der Waals surface area contributed by atoms with Gasteiger partial charge in [-0.2, -0.15) is 5.10 Å². The van der Waals surface area contributed by atoms with Crippen molar-refractivity contribution < 1.29 is 4.79 Å². The fraction of sp³-hybridized carbons (Fsp3) is 0.500. The normalized spacial score (nSPS) is 16.2. The maximum Gasteiger partial charge on any atom is 0.269 e. The van der Waals surface area contributed by atoms with Crippen molar-refractivity contribution in [3.63, 3.8) is 0 Å². The van der Waals surface area contributed by atoms with Gasteiger partial charge in [0.2, 0.25) is 5.91 Å². The van der Waals surface area contributed by atoms with Crippen molar-refractivity contribution in [3.8, 4) is 0 Å². The minimum absolute atomic E-state index is 0.0819. The smallest absolute Gasteiger partial charge is 0.269 e. The third kappa shape index (κ3) is 3.55. The molecule has 0 saturated carbocycles. The second-order valence-electron chi connectivity index (χ2n) is 6.24. The summed E-state index contributed by atoms with van der Waals surface area (Å²) in [5.74, 6) is 0.807. The van der Waals surface area contributed by atoms with Gasteiger partial charge in [0.1, 0.15) is 6.54 Å². The molecule has 1 amide bonds. The van der Waals surface area contributed by atoms with Crippen molar-refractivity contribution in [2.24, 2.45) is 0 Å². The Morgan fingerprint density at radius 2 is 2.12 bits per heavy atom. The Labute approximate surface area is 149 Å². The molecule has 9 heteroatoms. The van der Waals surface area contributed by atoms with Crippen LogP contribution in [-0.4, -0.2) is 44.1 Å². The minimum atomic E-state index is -0.253. The van der Waals surface area contributed by atoms with Crippen molar-refractivity contribution in [2.45, 2.75) is 37.6 Å². The third-order valence-corrected chi connectivity index (χ3v) is 5.41. The van der Waals surface area contributed by atoms with Crippen molar-refractivity contribution in [1.29, 1.82) is 0 Å². The summed E-state index contributed by atoms with van der Waals surface area (Å²) in [6.45, 7) is 3.15. The van der Waals surface area contributed by atoms with Crippen molar-refractivity contribution >= 4 is 23.4 Å². The molecule has 4 rings (SSSR count). The van der Waals surface area contributed by atoms with Gasteiger partial charge in [-0.05, 0) is 12.8 Å². The van der Waals surface area contributed by atoms with E-state index in [1.165, 1.54) is 4.68 Å². The lowest BCUT2D eigenvalue weighted by Gasteiger charge is -2.16. The maximum absolute atomic E-state index is 12.2. The molecule has 132 valence electrons. The third-order valence-electron chi connectivity index (χ3n) is 4.44. The van der Waals surface area contributed by atoms with Crippen LogP contribution >= 0.6 is 11.8 Å². The summed E-state index contributed by atoms with van der Waals surface area (Å²) in [7, 11) is 0. The molecule has 0 spiro atoms. The zero-order chi connectivity index (χ0) is 17.2. The van der Waals surface area contributed by atoms with E-state index in [0.717, 1.165) is 54.8 Å². The number of nitrogens with one attached hydrogen (secondary N) is 1. The van der Waals surface area contributed by atoms with Gasteiger partial charge in [-0.15, -0.1) is 0 Å². The predicted molar refractivity (Wildman–Crippen MR) is 94.7 cm³/mol. The Morgan fingerprint density at radius 1 is 1.28 bits per heavy atom. The van der Waals surface area contributed by atoms with Gasteiger partial charge >= 0.3 is 0 Å². The van der Waals surface area contributed by atoms with Gasteiger partial charge < -0.3 is 14.8 Å². The Hall–Kier alpha value is -2.29. The Morgan fingerprint density at radius 3 is 2.88 bits per heavy atom. The molecule has 1 fully saturated rings. The van der Waals surface area contributed by atoms with E-state index in [2.05, 4.69) is 24.9 Å². The lowest BCUT2D eigenvalue weighted by Crippen LogP contribution is -2.34. The number of carbonyl (C=O) groups is 1. The zero-order valence-corrected chi connectivity index (χ0v) is 14.7. The quantitative estimate of drug-likeness (QED) is 0.834. The van der Waals surface area contributed by atoms with Gasteiger partial charge in [0.15, 0.2) is 5.16 Å². The first-order valence-electron chi connectivity index (χ1n) is 8.47. The van der Waals surface area contributed by atoms with E-state index in [4.69, 9.17) is 0 Å². The van der Waals surface area contributed by atoms with E-state index in [1.54, 1.807) is 24.0 Å². The van der Waals surface area contributed by atoms with E-state index in [-0.39, 0.29) is 18.0 Å². The van der Waals surface area contributed by atoms with Gasteiger partial charge in [0, 0.05) is 37.7 Å². The van der Waals surface area contributed by atoms with Crippen LogP contribution in [0.1, 0.15) is 18.5 Å². The van der Waals surface area contributed by atoms with E-state index < -0.39 is 0 Å². The van der Waals surface area contributed by atoms with Gasteiger partial charge in [-0.3, -0.25) is 9.59 Å². The van der Waals surface area contributed by atoms with Gasteiger partial charge in [0.25, 0.3) is 5.56 Å². The average molecular weight is 360 g/mol. The first-order chi connectivity index (χ1) is 12.2. The summed E-state index contributed by atoms with van der Waals surface area (Å²) in [4.78, 5) is 30.9. The number of carbonyl (C=O) groups excluding carboxylic acids is 1. The van der Waals surface area contributed by atoms with Crippen LogP contribution in [0.2, 0.25) is 0 Å². The molecule has 2 aromatic heterocycles. The topological polar surface area (TPSA) is 85.0 Å². The minimum Gasteiger partial charge on any atom is -0.370 e. The summed E-state index contributed by atoms with van der Waals surface area (Å²) in [5, 5.41) is 7.94. The number of hydrogen-bond acceptors (Lipinski definition) is 6. The number of hydrogen-bond donors (Lipinski definition) is 1. The average Bonchev–Trinajstić information content (AvgIpc) is 3.32. The zero-order valence-electron chi connectivity index (χ0n) is 13.8. The largest absolute Gasteiger partial charge is 0.370 e. The summed E-state index contributed by atoms with van der Waals surface area (Å²) in [6.07, 6.45) is 5.91. The lowest BCUT2D eigenvalue weighted by atomic mass is 10.4. The highest BCUT2D eigenvalue weighted by Gasteiger charge is 2.16. The van der Waals surface area contributed by atoms with Crippen LogP contribution in [0.3, 0.4) is 0 Å². The fourth-order valence-electron chi connectivity index (χ4n) is 3.12. The lowest BCUT2D eigenvalue weighted by molar-refractivity contribution is -0.122. The van der Waals surface area contributed by atoms with Crippen molar-refractivity contribution in [1.82, 2.24) is 24.6 Å². The molecule has 4 heterocycles. The predicted octanol–water partition coefficient (Wildman–Crippen LogP) is 0.462. The molecule has 0 unspecified atom stereocenters. The Balaban J connectivity index is 1.34. The van der Waals surface area contributed by atoms with E-state index in [1.807, 2.05) is 6.20 Å². The highest BCUT2D eigenvalue weighted by molar-refractivity contribution is 7.99. The fourth-order valence-corrected chi connectivity index (χ4v) is 4.08. The molecule has 8 nitrogen and oxygen atoms in total. The Kier molecular flexibility index (Phi) is 4.48.